The Balaban J connectivity index is 0. The van der Waals surface area contributed by atoms with Gasteiger partial charge in [-0.3, -0.25) is 0 Å². The van der Waals surface area contributed by atoms with Gasteiger partial charge in [-0.25, -0.2) is 0 Å². The quantitative estimate of drug-likeness (QED) is 0.467. The SMILES string of the molecule is C.C.[Cu+2].[Cu]. The van der Waals surface area contributed by atoms with Crippen molar-refractivity contribution in [3.63, 3.8) is 0 Å². The predicted molar refractivity (Wildman–Crippen MR) is 13.5 cm³/mol. The second kappa shape index (κ2) is 34.6. The molecule has 0 aliphatic heterocycles. The van der Waals surface area contributed by atoms with E-state index in [1.807, 2.05) is 0 Å². The van der Waals surface area contributed by atoms with Gasteiger partial charge in [0, 0.05) is 17.1 Å². The van der Waals surface area contributed by atoms with Crippen LogP contribution in [0.15, 0.2) is 0 Å². The second-order valence-corrected chi connectivity index (χ2v) is 0. The first-order valence-corrected chi connectivity index (χ1v) is 0. The fourth-order valence-corrected chi connectivity index (χ4v) is 0. The molecule has 0 aromatic rings. The first-order valence-electron chi connectivity index (χ1n) is 0. The molecule has 0 fully saturated rings. The molecule has 0 atom stereocenters. The minimum absolute atomic E-state index is 0. The van der Waals surface area contributed by atoms with Crippen molar-refractivity contribution in [1.82, 2.24) is 0 Å². The predicted octanol–water partition coefficient (Wildman–Crippen LogP) is 1.27. The smallest absolute Gasteiger partial charge is 0.0776 e. The fraction of sp³-hybridized carbons (Fsp3) is 1.00. The third-order valence-electron chi connectivity index (χ3n) is 0. The van der Waals surface area contributed by atoms with Crippen molar-refractivity contribution in [3.05, 3.63) is 0 Å². The maximum Gasteiger partial charge on any atom is 2.00 e. The van der Waals surface area contributed by atoms with Crippen LogP contribution in [0, 0.1) is 0 Å². The normalized spacial score (nSPS) is 0. The molecular formula is C2H8Cu2+2. The Morgan fingerprint density at radius 3 is 0.750 bits per heavy atom. The molecule has 2 radical (unpaired) electrons. The summed E-state index contributed by atoms with van der Waals surface area (Å²) in [6.45, 7) is 0. The average Bonchev–Trinajstić information content (AvgIpc) is 0. The van der Waals surface area contributed by atoms with Crippen molar-refractivity contribution in [1.29, 1.82) is 0 Å². The van der Waals surface area contributed by atoms with Crippen molar-refractivity contribution in [2.45, 2.75) is 14.9 Å². The maximum absolute atomic E-state index is 0. The van der Waals surface area contributed by atoms with E-state index in [0.29, 0.717) is 0 Å². The molecule has 0 heterocycles. The summed E-state index contributed by atoms with van der Waals surface area (Å²) in [5.41, 5.74) is 0. The van der Waals surface area contributed by atoms with Crippen molar-refractivity contribution < 1.29 is 34.1 Å². The van der Waals surface area contributed by atoms with E-state index in [2.05, 4.69) is 0 Å². The van der Waals surface area contributed by atoms with Crippen molar-refractivity contribution in [3.8, 4) is 0 Å². The van der Waals surface area contributed by atoms with Gasteiger partial charge in [0.15, 0.2) is 0 Å². The third-order valence-corrected chi connectivity index (χ3v) is 0. The maximum atomic E-state index is 0. The van der Waals surface area contributed by atoms with Gasteiger partial charge in [-0.05, 0) is 0 Å². The molecule has 0 aliphatic rings. The van der Waals surface area contributed by atoms with E-state index in [0.717, 1.165) is 0 Å². The van der Waals surface area contributed by atoms with Gasteiger partial charge in [-0.15, -0.1) is 0 Å². The Hall–Kier alpha value is 1.04. The minimum Gasteiger partial charge on any atom is -0.0776 e. The van der Waals surface area contributed by atoms with Crippen LogP contribution in [-0.2, 0) is 34.1 Å². The largest absolute Gasteiger partial charge is 2.00 e. The zero-order chi connectivity index (χ0) is 0. The molecule has 0 nitrogen and oxygen atoms in total. The molecule has 0 aromatic carbocycles. The topological polar surface area (TPSA) is 0 Å². The Morgan fingerprint density at radius 2 is 0.750 bits per heavy atom. The van der Waals surface area contributed by atoms with Crippen LogP contribution in [0.3, 0.4) is 0 Å². The Morgan fingerprint density at radius 1 is 0.750 bits per heavy atom. The zero-order valence-electron chi connectivity index (χ0n) is 0.603. The molecule has 0 aliphatic carbocycles. The molecule has 0 amide bonds. The standard InChI is InChI=1S/2CH4.2Cu/h2*1H4;;/q;;;+2. The average molecular weight is 159 g/mol. The molecule has 0 saturated carbocycles. The van der Waals surface area contributed by atoms with E-state index in [-0.39, 0.29) is 49.0 Å². The van der Waals surface area contributed by atoms with Crippen LogP contribution in [0.4, 0.5) is 0 Å². The van der Waals surface area contributed by atoms with E-state index >= 15 is 0 Å². The van der Waals surface area contributed by atoms with Gasteiger partial charge in [0.05, 0.1) is 0 Å². The van der Waals surface area contributed by atoms with E-state index in [1.54, 1.807) is 0 Å². The second-order valence-electron chi connectivity index (χ2n) is 0. The van der Waals surface area contributed by atoms with Crippen LogP contribution >= 0.6 is 0 Å². The van der Waals surface area contributed by atoms with Crippen LogP contribution in [0.25, 0.3) is 0 Å². The van der Waals surface area contributed by atoms with Gasteiger partial charge < -0.3 is 0 Å². The summed E-state index contributed by atoms with van der Waals surface area (Å²) in [5.74, 6) is 0. The molecular weight excluding hydrogens is 151 g/mol. The molecule has 2 heteroatoms. The van der Waals surface area contributed by atoms with Crippen molar-refractivity contribution >= 4 is 0 Å². The van der Waals surface area contributed by atoms with Crippen molar-refractivity contribution in [2.24, 2.45) is 0 Å². The zero-order valence-corrected chi connectivity index (χ0v) is 2.49. The molecule has 0 bridgehead atoms. The third kappa shape index (κ3) is 11.7. The summed E-state index contributed by atoms with van der Waals surface area (Å²) in [6.07, 6.45) is 0. The van der Waals surface area contributed by atoms with E-state index in [1.165, 1.54) is 0 Å². The van der Waals surface area contributed by atoms with Crippen LogP contribution in [0.5, 0.6) is 0 Å². The summed E-state index contributed by atoms with van der Waals surface area (Å²) in [4.78, 5) is 0. The Labute approximate surface area is 49.3 Å². The molecule has 0 N–H and O–H groups in total. The van der Waals surface area contributed by atoms with E-state index in [9.17, 15) is 0 Å². The summed E-state index contributed by atoms with van der Waals surface area (Å²) in [5, 5.41) is 0. The first-order chi connectivity index (χ1) is 0. The minimum atomic E-state index is 0. The van der Waals surface area contributed by atoms with Crippen LogP contribution in [0.2, 0.25) is 0 Å². The van der Waals surface area contributed by atoms with Crippen molar-refractivity contribution in [2.75, 3.05) is 0 Å². The Kier molecular flexibility index (Phi) is 658. The van der Waals surface area contributed by atoms with E-state index in [4.69, 9.17) is 0 Å². The summed E-state index contributed by atoms with van der Waals surface area (Å²) < 4.78 is 0. The molecule has 4 heavy (non-hydrogen) atoms. The van der Waals surface area contributed by atoms with Gasteiger partial charge in [0.2, 0.25) is 0 Å². The van der Waals surface area contributed by atoms with Gasteiger partial charge in [-0.1, -0.05) is 14.9 Å². The first kappa shape index (κ1) is 76.2. The summed E-state index contributed by atoms with van der Waals surface area (Å²) in [7, 11) is 0. The van der Waals surface area contributed by atoms with Crippen LogP contribution in [0.1, 0.15) is 14.9 Å². The molecule has 0 spiro atoms. The van der Waals surface area contributed by atoms with Gasteiger partial charge in [-0.2, -0.15) is 0 Å². The fourth-order valence-electron chi connectivity index (χ4n) is 0. The molecule has 0 unspecified atom stereocenters. The number of hydrogen-bond donors (Lipinski definition) is 0. The van der Waals surface area contributed by atoms with Crippen LogP contribution < -0.4 is 0 Å². The van der Waals surface area contributed by atoms with Crippen LogP contribution in [-0.4, -0.2) is 0 Å². The van der Waals surface area contributed by atoms with Gasteiger partial charge >= 0.3 is 17.1 Å². The molecule has 0 rings (SSSR count). The Bertz CT molecular complexity index is 4.00. The molecule has 0 aromatic heterocycles. The summed E-state index contributed by atoms with van der Waals surface area (Å²) in [6, 6.07) is 0. The van der Waals surface area contributed by atoms with Gasteiger partial charge in [0.25, 0.3) is 0 Å². The molecule has 36 valence electrons. The number of rotatable bonds is 0. The monoisotopic (exact) mass is 158 g/mol. The van der Waals surface area contributed by atoms with E-state index < -0.39 is 0 Å². The van der Waals surface area contributed by atoms with Gasteiger partial charge in [0.1, 0.15) is 0 Å². The summed E-state index contributed by atoms with van der Waals surface area (Å²) >= 11 is 0. The molecule has 0 saturated heterocycles. The number of hydrogen-bond acceptors (Lipinski definition) is 0.